The second kappa shape index (κ2) is 13.1. The lowest BCUT2D eigenvalue weighted by Gasteiger charge is -2.18. The van der Waals surface area contributed by atoms with Crippen LogP contribution < -0.4 is 14.2 Å². The van der Waals surface area contributed by atoms with Gasteiger partial charge in [-0.25, -0.2) is 0 Å². The number of rotatable bonds is 13. The molecule has 222 valence electrons. The Morgan fingerprint density at radius 3 is 2.29 bits per heavy atom. The van der Waals surface area contributed by atoms with Gasteiger partial charge in [0.25, 0.3) is 25.8 Å². The minimum Gasteiger partial charge on any atom is -0.439 e. The van der Waals surface area contributed by atoms with Crippen LogP contribution in [0, 0.1) is 0 Å². The van der Waals surface area contributed by atoms with Crippen molar-refractivity contribution in [3.05, 3.63) is 69.9 Å². The highest BCUT2D eigenvalue weighted by Crippen LogP contribution is 2.41. The number of fused-ring (bicyclic) bond motifs is 2. The van der Waals surface area contributed by atoms with E-state index in [4.69, 9.17) is 41.5 Å². The van der Waals surface area contributed by atoms with Gasteiger partial charge in [-0.3, -0.25) is 9.11 Å². The third kappa shape index (κ3) is 8.69. The third-order valence-electron chi connectivity index (χ3n) is 6.48. The zero-order valence-corrected chi connectivity index (χ0v) is 25.4. The third-order valence-corrected chi connectivity index (χ3v) is 8.56. The van der Waals surface area contributed by atoms with Crippen LogP contribution in [0.15, 0.2) is 58.3 Å². The van der Waals surface area contributed by atoms with E-state index >= 15 is 0 Å². The summed E-state index contributed by atoms with van der Waals surface area (Å²) in [5.41, 5.74) is 2.97. The number of oxazole rings is 1. The van der Waals surface area contributed by atoms with E-state index in [2.05, 4.69) is 0 Å². The number of aromatic nitrogens is 1. The zero-order chi connectivity index (χ0) is 29.8. The Hall–Kier alpha value is -2.61. The van der Waals surface area contributed by atoms with E-state index < -0.39 is 20.2 Å². The van der Waals surface area contributed by atoms with Crippen LogP contribution in [-0.2, 0) is 26.8 Å². The molecular formula is C27H31Cl2N2O8S2+. The number of aryl methyl sites for hydroxylation is 1. The van der Waals surface area contributed by atoms with Crippen LogP contribution in [0.4, 0.5) is 5.69 Å². The predicted molar refractivity (Wildman–Crippen MR) is 158 cm³/mol. The molecule has 4 rings (SSSR count). The normalized spacial score (nSPS) is 15.1. The molecule has 0 spiro atoms. The van der Waals surface area contributed by atoms with Crippen molar-refractivity contribution in [2.45, 2.75) is 45.6 Å². The molecule has 2 heterocycles. The van der Waals surface area contributed by atoms with Crippen molar-refractivity contribution in [2.75, 3.05) is 23.0 Å². The molecule has 2 aromatic carbocycles. The fraction of sp³-hybridized carbons (Fsp3) is 0.370. The molecule has 1 aliphatic heterocycles. The monoisotopic (exact) mass is 645 g/mol. The highest BCUT2D eigenvalue weighted by atomic mass is 35.5. The van der Waals surface area contributed by atoms with Gasteiger partial charge in [-0.15, -0.1) is 0 Å². The molecule has 0 bridgehead atoms. The number of ether oxygens (including phenoxy) is 1. The van der Waals surface area contributed by atoms with E-state index in [9.17, 15) is 16.8 Å². The van der Waals surface area contributed by atoms with Gasteiger partial charge in [0, 0.05) is 35.2 Å². The lowest BCUT2D eigenvalue weighted by atomic mass is 10.1. The number of anilines is 1. The molecule has 2 N–H and O–H groups in total. The highest BCUT2D eigenvalue weighted by molar-refractivity contribution is 7.86. The molecule has 0 fully saturated rings. The summed E-state index contributed by atoms with van der Waals surface area (Å²) in [6, 6.07) is 10.5. The number of unbranched alkanes of at least 4 members (excludes halogenated alkanes) is 2. The van der Waals surface area contributed by atoms with E-state index in [0.29, 0.717) is 65.5 Å². The molecule has 0 aliphatic carbocycles. The van der Waals surface area contributed by atoms with Crippen molar-refractivity contribution < 1.29 is 39.7 Å². The van der Waals surface area contributed by atoms with Gasteiger partial charge in [0.1, 0.15) is 0 Å². The minimum atomic E-state index is -4.05. The first-order chi connectivity index (χ1) is 19.3. The van der Waals surface area contributed by atoms with Gasteiger partial charge in [0.05, 0.1) is 23.3 Å². The van der Waals surface area contributed by atoms with Gasteiger partial charge in [-0.1, -0.05) is 30.1 Å². The number of hydrogen-bond donors (Lipinski definition) is 2. The SMILES string of the molecule is CCC(=Cc1oc2ccc(Cl)cc2[n+]1CCCCS(=O)(=O)O)C=C1Oc2ccc(Cl)cc2N1CCCCS(=O)(=O)O. The molecule has 1 aliphatic rings. The molecule has 0 unspecified atom stereocenters. The summed E-state index contributed by atoms with van der Waals surface area (Å²) in [6.45, 7) is 2.85. The molecule has 0 atom stereocenters. The molecule has 14 heteroatoms. The summed E-state index contributed by atoms with van der Waals surface area (Å²) in [4.78, 5) is 1.91. The maximum Gasteiger partial charge on any atom is 0.374 e. The second-order valence-electron chi connectivity index (χ2n) is 9.61. The summed E-state index contributed by atoms with van der Waals surface area (Å²) in [7, 11) is -8.10. The van der Waals surface area contributed by atoms with Crippen LogP contribution in [0.3, 0.4) is 0 Å². The zero-order valence-electron chi connectivity index (χ0n) is 22.3. The first-order valence-corrected chi connectivity index (χ1v) is 17.0. The molecule has 0 saturated heterocycles. The first kappa shape index (κ1) is 31.3. The Labute approximate surface area is 249 Å². The fourth-order valence-electron chi connectivity index (χ4n) is 4.50. The lowest BCUT2D eigenvalue weighted by Crippen LogP contribution is -2.35. The number of allylic oxidation sites excluding steroid dienone is 2. The smallest absolute Gasteiger partial charge is 0.374 e. The van der Waals surface area contributed by atoms with Crippen LogP contribution in [0.1, 0.15) is 44.9 Å². The Kier molecular flexibility index (Phi) is 10.0. The van der Waals surface area contributed by atoms with Crippen molar-refractivity contribution >= 4 is 66.3 Å². The molecule has 10 nitrogen and oxygen atoms in total. The number of benzene rings is 2. The quantitative estimate of drug-likeness (QED) is 0.132. The Morgan fingerprint density at radius 2 is 1.61 bits per heavy atom. The summed E-state index contributed by atoms with van der Waals surface area (Å²) in [6.07, 6.45) is 5.86. The summed E-state index contributed by atoms with van der Waals surface area (Å²) >= 11 is 12.5. The van der Waals surface area contributed by atoms with Crippen LogP contribution in [0.5, 0.6) is 5.75 Å². The second-order valence-corrected chi connectivity index (χ2v) is 13.6. The van der Waals surface area contributed by atoms with Crippen molar-refractivity contribution in [1.29, 1.82) is 0 Å². The molecule has 3 aromatic rings. The van der Waals surface area contributed by atoms with Gasteiger partial charge >= 0.3 is 5.89 Å². The van der Waals surface area contributed by atoms with Gasteiger partial charge < -0.3 is 14.1 Å². The van der Waals surface area contributed by atoms with Crippen LogP contribution in [-0.4, -0.2) is 44.0 Å². The van der Waals surface area contributed by atoms with E-state index in [1.165, 1.54) is 0 Å². The molecule has 0 radical (unpaired) electrons. The Bertz CT molecular complexity index is 1700. The number of hydrogen-bond acceptors (Lipinski definition) is 7. The molecule has 0 amide bonds. The average molecular weight is 647 g/mol. The topological polar surface area (TPSA) is 138 Å². The van der Waals surface area contributed by atoms with E-state index in [-0.39, 0.29) is 24.3 Å². The van der Waals surface area contributed by atoms with Crippen LogP contribution in [0.2, 0.25) is 10.0 Å². The first-order valence-electron chi connectivity index (χ1n) is 13.0. The maximum absolute atomic E-state index is 11.2. The predicted octanol–water partition coefficient (Wildman–Crippen LogP) is 5.90. The molecule has 41 heavy (non-hydrogen) atoms. The van der Waals surface area contributed by atoms with Gasteiger partial charge in [-0.2, -0.15) is 21.4 Å². The number of halogens is 2. The van der Waals surface area contributed by atoms with E-state index in [0.717, 1.165) is 16.8 Å². The van der Waals surface area contributed by atoms with Crippen LogP contribution >= 0.6 is 23.2 Å². The Morgan fingerprint density at radius 1 is 0.951 bits per heavy atom. The lowest BCUT2D eigenvalue weighted by molar-refractivity contribution is -0.678. The minimum absolute atomic E-state index is 0.272. The standard InChI is InChI=1S/C27H30Cl2N2O8S2/c1-2-19(15-26-30(11-3-5-13-40(32,33)34)22-17-20(28)7-9-24(22)38-26)16-27-31(12-4-6-14-41(35,36)37)23-18-21(29)8-10-25(23)39-27/h7-10,15-18H,2-6,11-14H2,1H3,(H-,32,33,34,35,36,37)/p+1. The number of nitrogens with zero attached hydrogens (tertiary/aromatic N) is 2. The van der Waals surface area contributed by atoms with Crippen molar-refractivity contribution in [3.63, 3.8) is 0 Å². The molecule has 0 saturated carbocycles. The van der Waals surface area contributed by atoms with Crippen molar-refractivity contribution in [1.82, 2.24) is 0 Å². The van der Waals surface area contributed by atoms with Gasteiger partial charge in [0.2, 0.25) is 11.5 Å². The summed E-state index contributed by atoms with van der Waals surface area (Å²) in [5.74, 6) is 1.01. The van der Waals surface area contributed by atoms with Crippen LogP contribution in [0.25, 0.3) is 17.2 Å². The highest BCUT2D eigenvalue weighted by Gasteiger charge is 2.27. The van der Waals surface area contributed by atoms with Crippen molar-refractivity contribution in [3.8, 4) is 5.75 Å². The largest absolute Gasteiger partial charge is 0.439 e. The summed E-state index contributed by atoms with van der Waals surface area (Å²) in [5, 5.41) is 1.05. The Balaban J connectivity index is 1.65. The van der Waals surface area contributed by atoms with Gasteiger partial charge in [-0.05, 0) is 61.6 Å². The average Bonchev–Trinajstić information content (AvgIpc) is 3.39. The molecular weight excluding hydrogens is 615 g/mol. The summed E-state index contributed by atoms with van der Waals surface area (Å²) < 4.78 is 77.0. The van der Waals surface area contributed by atoms with Crippen molar-refractivity contribution in [2.24, 2.45) is 0 Å². The molecule has 1 aromatic heterocycles. The van der Waals surface area contributed by atoms with E-state index in [1.807, 2.05) is 28.5 Å². The van der Waals surface area contributed by atoms with E-state index in [1.54, 1.807) is 36.4 Å². The fourth-order valence-corrected chi connectivity index (χ4v) is 5.97. The van der Waals surface area contributed by atoms with Gasteiger partial charge in [0.15, 0.2) is 12.3 Å². The maximum atomic E-state index is 11.2.